The Kier molecular flexibility index (Phi) is 5.93. The van der Waals surface area contributed by atoms with E-state index in [-0.39, 0.29) is 5.91 Å². The first kappa shape index (κ1) is 17.2. The summed E-state index contributed by atoms with van der Waals surface area (Å²) in [4.78, 5) is 20.6. The molecular formula is C17H21ClN4O. The fourth-order valence-electron chi connectivity index (χ4n) is 2.21. The lowest BCUT2D eigenvalue weighted by atomic mass is 10.2. The lowest BCUT2D eigenvalue weighted by Gasteiger charge is -2.10. The zero-order valence-corrected chi connectivity index (χ0v) is 14.4. The maximum absolute atomic E-state index is 12.0. The van der Waals surface area contributed by atoms with Crippen LogP contribution < -0.4 is 10.6 Å². The van der Waals surface area contributed by atoms with Gasteiger partial charge in [0.15, 0.2) is 0 Å². The summed E-state index contributed by atoms with van der Waals surface area (Å²) in [5, 5.41) is 6.68. The van der Waals surface area contributed by atoms with E-state index in [1.807, 2.05) is 39.0 Å². The maximum atomic E-state index is 12.0. The number of aromatic nitrogens is 2. The number of hydrogen-bond acceptors (Lipinski definition) is 4. The molecule has 6 heteroatoms. The molecule has 1 aromatic heterocycles. The molecule has 0 aliphatic heterocycles. The molecule has 0 bridgehead atoms. The molecule has 0 saturated carbocycles. The SMILES string of the molecule is Cc1cc(C)nc(NCCCC(=O)Nc2cccc(Cl)c2C)n1. The zero-order valence-electron chi connectivity index (χ0n) is 13.6. The van der Waals surface area contributed by atoms with Gasteiger partial charge in [-0.25, -0.2) is 9.97 Å². The number of amides is 1. The van der Waals surface area contributed by atoms with Crippen molar-refractivity contribution in [3.8, 4) is 0 Å². The van der Waals surface area contributed by atoms with E-state index in [1.165, 1.54) is 0 Å². The Morgan fingerprint density at radius 3 is 2.57 bits per heavy atom. The molecule has 0 fully saturated rings. The number of benzene rings is 1. The van der Waals surface area contributed by atoms with Crippen LogP contribution in [0.4, 0.5) is 11.6 Å². The molecule has 1 aromatic carbocycles. The number of carbonyl (C=O) groups is 1. The van der Waals surface area contributed by atoms with E-state index in [0.717, 1.165) is 22.6 Å². The van der Waals surface area contributed by atoms with Crippen molar-refractivity contribution in [3.63, 3.8) is 0 Å². The van der Waals surface area contributed by atoms with Gasteiger partial charge in [0.05, 0.1) is 0 Å². The van der Waals surface area contributed by atoms with Gasteiger partial charge in [-0.05, 0) is 51.0 Å². The van der Waals surface area contributed by atoms with Gasteiger partial charge in [-0.3, -0.25) is 4.79 Å². The van der Waals surface area contributed by atoms with Crippen LogP contribution in [-0.2, 0) is 4.79 Å². The number of halogens is 1. The molecule has 0 spiro atoms. The monoisotopic (exact) mass is 332 g/mol. The lowest BCUT2D eigenvalue weighted by molar-refractivity contribution is -0.116. The molecule has 122 valence electrons. The predicted octanol–water partition coefficient (Wildman–Crippen LogP) is 3.89. The van der Waals surface area contributed by atoms with Gasteiger partial charge in [-0.2, -0.15) is 0 Å². The molecule has 2 rings (SSSR count). The highest BCUT2D eigenvalue weighted by atomic mass is 35.5. The van der Waals surface area contributed by atoms with Gasteiger partial charge in [-0.1, -0.05) is 17.7 Å². The minimum absolute atomic E-state index is 0.0292. The normalized spacial score (nSPS) is 10.4. The Morgan fingerprint density at radius 1 is 1.17 bits per heavy atom. The van der Waals surface area contributed by atoms with Crippen molar-refractivity contribution in [3.05, 3.63) is 46.2 Å². The van der Waals surface area contributed by atoms with E-state index in [1.54, 1.807) is 6.07 Å². The molecule has 0 unspecified atom stereocenters. The molecular weight excluding hydrogens is 312 g/mol. The predicted molar refractivity (Wildman–Crippen MR) is 94.0 cm³/mol. The first-order chi connectivity index (χ1) is 11.0. The summed E-state index contributed by atoms with van der Waals surface area (Å²) in [5.74, 6) is 0.576. The number of carbonyl (C=O) groups excluding carboxylic acids is 1. The second kappa shape index (κ2) is 7.92. The van der Waals surface area contributed by atoms with Gasteiger partial charge in [0.25, 0.3) is 0 Å². The summed E-state index contributed by atoms with van der Waals surface area (Å²) in [6, 6.07) is 7.40. The van der Waals surface area contributed by atoms with Crippen LogP contribution in [0.15, 0.2) is 24.3 Å². The number of nitrogens with zero attached hydrogens (tertiary/aromatic N) is 2. The van der Waals surface area contributed by atoms with Crippen molar-refractivity contribution in [1.29, 1.82) is 0 Å². The molecule has 5 nitrogen and oxygen atoms in total. The van der Waals surface area contributed by atoms with Gasteiger partial charge in [0.1, 0.15) is 0 Å². The minimum Gasteiger partial charge on any atom is -0.354 e. The van der Waals surface area contributed by atoms with Crippen molar-refractivity contribution in [2.75, 3.05) is 17.2 Å². The van der Waals surface area contributed by atoms with E-state index in [0.29, 0.717) is 30.4 Å². The number of anilines is 2. The Balaban J connectivity index is 1.77. The first-order valence-corrected chi connectivity index (χ1v) is 7.94. The molecule has 0 atom stereocenters. The molecule has 2 N–H and O–H groups in total. The van der Waals surface area contributed by atoms with Gasteiger partial charge in [-0.15, -0.1) is 0 Å². The molecule has 0 aliphatic carbocycles. The largest absolute Gasteiger partial charge is 0.354 e. The van der Waals surface area contributed by atoms with Crippen LogP contribution in [0.5, 0.6) is 0 Å². The maximum Gasteiger partial charge on any atom is 0.224 e. The smallest absolute Gasteiger partial charge is 0.224 e. The summed E-state index contributed by atoms with van der Waals surface area (Å²) in [7, 11) is 0. The molecule has 2 aromatic rings. The van der Waals surface area contributed by atoms with E-state index in [9.17, 15) is 4.79 Å². The summed E-state index contributed by atoms with van der Waals surface area (Å²) in [6.07, 6.45) is 1.12. The number of rotatable bonds is 6. The summed E-state index contributed by atoms with van der Waals surface area (Å²) >= 11 is 6.04. The minimum atomic E-state index is -0.0292. The first-order valence-electron chi connectivity index (χ1n) is 7.57. The fraction of sp³-hybridized carbons (Fsp3) is 0.353. The van der Waals surface area contributed by atoms with Gasteiger partial charge in [0, 0.05) is 35.1 Å². The third-order valence-electron chi connectivity index (χ3n) is 3.39. The molecule has 0 radical (unpaired) electrons. The van der Waals surface area contributed by atoms with E-state index >= 15 is 0 Å². The van der Waals surface area contributed by atoms with E-state index < -0.39 is 0 Å². The second-order valence-electron chi connectivity index (χ2n) is 5.47. The summed E-state index contributed by atoms with van der Waals surface area (Å²) in [6.45, 7) is 6.39. The third kappa shape index (κ3) is 5.21. The quantitative estimate of drug-likeness (QED) is 0.788. The molecule has 1 heterocycles. The summed E-state index contributed by atoms with van der Waals surface area (Å²) < 4.78 is 0. The zero-order chi connectivity index (χ0) is 16.8. The Hall–Kier alpha value is -2.14. The Labute approximate surface area is 141 Å². The lowest BCUT2D eigenvalue weighted by Crippen LogP contribution is -2.15. The molecule has 0 aliphatic rings. The van der Waals surface area contributed by atoms with Crippen molar-refractivity contribution < 1.29 is 4.79 Å². The molecule has 23 heavy (non-hydrogen) atoms. The standard InChI is InChI=1S/C17H21ClN4O/c1-11-10-12(2)21-17(20-11)19-9-5-8-16(23)22-15-7-4-6-14(18)13(15)3/h4,6-7,10H,5,8-9H2,1-3H3,(H,22,23)(H,19,20,21). The number of nitrogens with one attached hydrogen (secondary N) is 2. The van der Waals surface area contributed by atoms with Crippen molar-refractivity contribution in [2.45, 2.75) is 33.6 Å². The highest BCUT2D eigenvalue weighted by Crippen LogP contribution is 2.23. The van der Waals surface area contributed by atoms with Crippen molar-refractivity contribution in [2.24, 2.45) is 0 Å². The van der Waals surface area contributed by atoms with Crippen LogP contribution in [0.2, 0.25) is 5.02 Å². The van der Waals surface area contributed by atoms with Gasteiger partial charge < -0.3 is 10.6 Å². The van der Waals surface area contributed by atoms with Gasteiger partial charge >= 0.3 is 0 Å². The fourth-order valence-corrected chi connectivity index (χ4v) is 2.38. The second-order valence-corrected chi connectivity index (χ2v) is 5.87. The summed E-state index contributed by atoms with van der Waals surface area (Å²) in [5.41, 5.74) is 3.49. The van der Waals surface area contributed by atoms with Crippen molar-refractivity contribution >= 4 is 29.1 Å². The topological polar surface area (TPSA) is 66.9 Å². The Bertz CT molecular complexity index is 683. The molecule has 1 amide bonds. The van der Waals surface area contributed by atoms with Crippen molar-refractivity contribution in [1.82, 2.24) is 9.97 Å². The van der Waals surface area contributed by atoms with Crippen LogP contribution in [0.3, 0.4) is 0 Å². The average Bonchev–Trinajstić information content (AvgIpc) is 2.47. The average molecular weight is 333 g/mol. The van der Waals surface area contributed by atoms with Crippen LogP contribution in [0.1, 0.15) is 29.8 Å². The number of hydrogen-bond donors (Lipinski definition) is 2. The van der Waals surface area contributed by atoms with Gasteiger partial charge in [0.2, 0.25) is 11.9 Å². The third-order valence-corrected chi connectivity index (χ3v) is 3.80. The Morgan fingerprint density at radius 2 is 1.87 bits per heavy atom. The van der Waals surface area contributed by atoms with Crippen LogP contribution in [0.25, 0.3) is 0 Å². The van der Waals surface area contributed by atoms with E-state index in [2.05, 4.69) is 20.6 Å². The highest BCUT2D eigenvalue weighted by Gasteiger charge is 2.07. The highest BCUT2D eigenvalue weighted by molar-refractivity contribution is 6.31. The molecule has 0 saturated heterocycles. The van der Waals surface area contributed by atoms with Crippen LogP contribution in [0, 0.1) is 20.8 Å². The number of aryl methyl sites for hydroxylation is 2. The van der Waals surface area contributed by atoms with Crippen LogP contribution in [-0.4, -0.2) is 22.4 Å². The van der Waals surface area contributed by atoms with Crippen LogP contribution >= 0.6 is 11.6 Å². The van der Waals surface area contributed by atoms with E-state index in [4.69, 9.17) is 11.6 Å².